The van der Waals surface area contributed by atoms with Crippen molar-refractivity contribution in [2.45, 2.75) is 10.9 Å². The Morgan fingerprint density at radius 1 is 1.25 bits per heavy atom. The van der Waals surface area contributed by atoms with E-state index in [0.717, 1.165) is 26.7 Å². The summed E-state index contributed by atoms with van der Waals surface area (Å²) in [5.74, 6) is 1.35. The molecule has 4 aromatic rings. The fraction of sp³-hybridized carbons (Fsp3) is 0.118. The van der Waals surface area contributed by atoms with E-state index in [2.05, 4.69) is 28.9 Å². The van der Waals surface area contributed by atoms with Gasteiger partial charge < -0.3 is 0 Å². The molecule has 0 N–H and O–H groups in total. The second-order valence-electron chi connectivity index (χ2n) is 5.35. The summed E-state index contributed by atoms with van der Waals surface area (Å²) in [5, 5.41) is 11.2. The van der Waals surface area contributed by atoms with Crippen molar-refractivity contribution in [1.29, 1.82) is 0 Å². The summed E-state index contributed by atoms with van der Waals surface area (Å²) in [6.45, 7) is 3.77. The lowest BCUT2D eigenvalue weighted by Crippen LogP contribution is -2.18. The van der Waals surface area contributed by atoms with Gasteiger partial charge in [0.1, 0.15) is 4.70 Å². The molecule has 0 aliphatic heterocycles. The third-order valence-corrected chi connectivity index (χ3v) is 5.78. The Labute approximate surface area is 146 Å². The van der Waals surface area contributed by atoms with Gasteiger partial charge in [-0.1, -0.05) is 48.7 Å². The summed E-state index contributed by atoms with van der Waals surface area (Å²) in [4.78, 5) is 12.3. The molecule has 24 heavy (non-hydrogen) atoms. The first-order chi connectivity index (χ1) is 11.7. The van der Waals surface area contributed by atoms with Crippen molar-refractivity contribution >= 4 is 45.2 Å². The van der Waals surface area contributed by atoms with Gasteiger partial charge in [0, 0.05) is 12.8 Å². The van der Waals surface area contributed by atoms with Crippen molar-refractivity contribution < 1.29 is 0 Å². The minimum absolute atomic E-state index is 0.0311. The van der Waals surface area contributed by atoms with E-state index in [1.54, 1.807) is 23.4 Å². The Bertz CT molecular complexity index is 1110. The summed E-state index contributed by atoms with van der Waals surface area (Å²) in [6, 6.07) is 10.2. The first-order valence-electron chi connectivity index (χ1n) is 7.34. The van der Waals surface area contributed by atoms with E-state index < -0.39 is 0 Å². The largest absolute Gasteiger partial charge is 0.279 e. The van der Waals surface area contributed by atoms with Crippen molar-refractivity contribution in [3.8, 4) is 0 Å². The lowest BCUT2D eigenvalue weighted by Gasteiger charge is -2.05. The van der Waals surface area contributed by atoms with Crippen LogP contribution in [0.25, 0.3) is 22.1 Å². The maximum atomic E-state index is 12.3. The van der Waals surface area contributed by atoms with E-state index in [9.17, 15) is 4.79 Å². The molecule has 3 aromatic heterocycles. The highest BCUT2D eigenvalue weighted by Gasteiger charge is 2.15. The zero-order valence-electron chi connectivity index (χ0n) is 13.0. The van der Waals surface area contributed by atoms with E-state index in [0.29, 0.717) is 5.78 Å². The molecule has 0 unspecified atom stereocenters. The zero-order valence-corrected chi connectivity index (χ0v) is 14.6. The first-order valence-corrected chi connectivity index (χ1v) is 9.21. The number of thioether (sulfide) groups is 1. The minimum Gasteiger partial charge on any atom is -0.279 e. The maximum absolute atomic E-state index is 12.3. The Hall–Kier alpha value is -2.38. The monoisotopic (exact) mass is 354 g/mol. The van der Waals surface area contributed by atoms with Crippen LogP contribution in [0.4, 0.5) is 0 Å². The third kappa shape index (κ3) is 2.37. The van der Waals surface area contributed by atoms with Crippen molar-refractivity contribution in [1.82, 2.24) is 19.2 Å². The molecule has 0 fully saturated rings. The molecule has 0 bridgehead atoms. The normalized spacial score (nSPS) is 11.4. The number of fused-ring (bicyclic) bond motifs is 3. The molecule has 7 heteroatoms. The first kappa shape index (κ1) is 15.2. The van der Waals surface area contributed by atoms with Gasteiger partial charge in [-0.05, 0) is 22.6 Å². The van der Waals surface area contributed by atoms with Gasteiger partial charge in [-0.15, -0.1) is 21.5 Å². The van der Waals surface area contributed by atoms with Crippen LogP contribution in [0.5, 0.6) is 0 Å². The van der Waals surface area contributed by atoms with Crippen LogP contribution in [0, 0.1) is 0 Å². The molecule has 120 valence electrons. The highest BCUT2D eigenvalue weighted by molar-refractivity contribution is 7.98. The van der Waals surface area contributed by atoms with Crippen molar-refractivity contribution in [2.24, 2.45) is 7.05 Å². The Morgan fingerprint density at radius 2 is 2.04 bits per heavy atom. The number of hydrogen-bond acceptors (Lipinski definition) is 5. The lowest BCUT2D eigenvalue weighted by atomic mass is 10.1. The maximum Gasteiger partial charge on any atom is 0.272 e. The Morgan fingerprint density at radius 3 is 2.79 bits per heavy atom. The van der Waals surface area contributed by atoms with Crippen LogP contribution in [0.2, 0.25) is 0 Å². The molecule has 0 spiro atoms. The molecule has 0 saturated carbocycles. The van der Waals surface area contributed by atoms with E-state index in [-0.39, 0.29) is 5.56 Å². The van der Waals surface area contributed by atoms with Crippen molar-refractivity contribution in [3.05, 3.63) is 63.8 Å². The summed E-state index contributed by atoms with van der Waals surface area (Å²) in [7, 11) is 1.73. The Kier molecular flexibility index (Phi) is 3.74. The van der Waals surface area contributed by atoms with Gasteiger partial charge in [0.05, 0.1) is 5.52 Å². The fourth-order valence-corrected chi connectivity index (χ4v) is 4.31. The molecule has 0 atom stereocenters. The van der Waals surface area contributed by atoms with E-state index >= 15 is 0 Å². The van der Waals surface area contributed by atoms with Crippen LogP contribution >= 0.6 is 23.1 Å². The predicted octanol–water partition coefficient (Wildman–Crippen LogP) is 3.58. The van der Waals surface area contributed by atoms with Crippen LogP contribution in [0.1, 0.15) is 11.1 Å². The molecule has 0 radical (unpaired) electrons. The number of thiophene rings is 1. The third-order valence-electron chi connectivity index (χ3n) is 3.88. The highest BCUT2D eigenvalue weighted by atomic mass is 32.2. The quantitative estimate of drug-likeness (QED) is 0.526. The number of aromatic nitrogens is 4. The Balaban J connectivity index is 1.74. The van der Waals surface area contributed by atoms with Crippen LogP contribution < -0.4 is 5.56 Å². The molecular weight excluding hydrogens is 340 g/mol. The smallest absolute Gasteiger partial charge is 0.272 e. The van der Waals surface area contributed by atoms with Crippen LogP contribution in [0.3, 0.4) is 0 Å². The summed E-state index contributed by atoms with van der Waals surface area (Å²) in [5.41, 5.74) is 3.14. The lowest BCUT2D eigenvalue weighted by molar-refractivity contribution is 0.856. The fourth-order valence-electron chi connectivity index (χ4n) is 2.56. The molecule has 0 aliphatic carbocycles. The topological polar surface area (TPSA) is 52.2 Å². The molecule has 0 aliphatic rings. The van der Waals surface area contributed by atoms with Gasteiger partial charge in [0.2, 0.25) is 5.78 Å². The molecule has 3 heterocycles. The van der Waals surface area contributed by atoms with Gasteiger partial charge in [-0.3, -0.25) is 13.8 Å². The average molecular weight is 354 g/mol. The summed E-state index contributed by atoms with van der Waals surface area (Å²) >= 11 is 3.05. The van der Waals surface area contributed by atoms with E-state index in [1.807, 2.05) is 34.1 Å². The standard InChI is InChI=1S/C17H14N4OS2/c1-3-11-4-6-12(7-5-11)10-24-17-19-18-16-20(2)15(22)14-13(21(16)17)8-9-23-14/h3-9H,1,10H2,2H3. The predicted molar refractivity (Wildman–Crippen MR) is 99.7 cm³/mol. The molecule has 0 saturated heterocycles. The second-order valence-corrected chi connectivity index (χ2v) is 7.21. The van der Waals surface area contributed by atoms with Gasteiger partial charge in [0.25, 0.3) is 5.56 Å². The molecule has 4 rings (SSSR count). The number of rotatable bonds is 4. The number of benzene rings is 1. The zero-order chi connectivity index (χ0) is 16.7. The van der Waals surface area contributed by atoms with Crippen LogP contribution in [-0.4, -0.2) is 19.2 Å². The minimum atomic E-state index is -0.0311. The summed E-state index contributed by atoms with van der Waals surface area (Å²) in [6.07, 6.45) is 1.83. The number of aryl methyl sites for hydroxylation is 1. The van der Waals surface area contributed by atoms with Gasteiger partial charge in [0.15, 0.2) is 5.16 Å². The summed E-state index contributed by atoms with van der Waals surface area (Å²) < 4.78 is 4.23. The van der Waals surface area contributed by atoms with E-state index in [4.69, 9.17) is 0 Å². The second kappa shape index (κ2) is 5.92. The average Bonchev–Trinajstić information content (AvgIpc) is 3.25. The van der Waals surface area contributed by atoms with Crippen LogP contribution in [-0.2, 0) is 12.8 Å². The molecule has 0 amide bonds. The van der Waals surface area contributed by atoms with Gasteiger partial charge in [-0.25, -0.2) is 0 Å². The van der Waals surface area contributed by atoms with Gasteiger partial charge in [-0.2, -0.15) is 0 Å². The number of hydrogen-bond donors (Lipinski definition) is 0. The number of nitrogens with zero attached hydrogens (tertiary/aromatic N) is 4. The highest BCUT2D eigenvalue weighted by Crippen LogP contribution is 2.26. The molecule has 5 nitrogen and oxygen atoms in total. The van der Waals surface area contributed by atoms with Crippen LogP contribution in [0.15, 0.2) is 52.2 Å². The van der Waals surface area contributed by atoms with Gasteiger partial charge >= 0.3 is 0 Å². The van der Waals surface area contributed by atoms with E-state index in [1.165, 1.54) is 16.9 Å². The van der Waals surface area contributed by atoms with Crippen molar-refractivity contribution in [3.63, 3.8) is 0 Å². The molecule has 1 aromatic carbocycles. The molecular formula is C17H14N4OS2. The van der Waals surface area contributed by atoms with Crippen molar-refractivity contribution in [2.75, 3.05) is 0 Å². The SMILES string of the molecule is C=Cc1ccc(CSc2nnc3n(C)c(=O)c4sccc4n23)cc1.